The van der Waals surface area contributed by atoms with E-state index in [-0.39, 0.29) is 5.69 Å². The van der Waals surface area contributed by atoms with Crippen molar-refractivity contribution in [3.05, 3.63) is 80.3 Å². The molecule has 0 aliphatic carbocycles. The average molecular weight is 418 g/mol. The van der Waals surface area contributed by atoms with Gasteiger partial charge in [0, 0.05) is 19.2 Å². The molecule has 0 unspecified atom stereocenters. The normalized spacial score (nSPS) is 10.8. The number of nitro benzene ring substituents is 1. The number of carbonyl (C=O) groups is 1. The van der Waals surface area contributed by atoms with Gasteiger partial charge in [-0.2, -0.15) is 8.78 Å². The highest BCUT2D eigenvalue weighted by Gasteiger charge is 2.23. The minimum absolute atomic E-state index is 0.0964. The molecule has 0 radical (unpaired) electrons. The van der Waals surface area contributed by atoms with Crippen LogP contribution in [0.5, 0.6) is 5.75 Å². The third-order valence-corrected chi connectivity index (χ3v) is 4.43. The van der Waals surface area contributed by atoms with Crippen molar-refractivity contribution in [2.45, 2.75) is 13.5 Å². The number of nitrogens with zero attached hydrogens (tertiary/aromatic N) is 3. The Kier molecular flexibility index (Phi) is 5.63. The van der Waals surface area contributed by atoms with E-state index < -0.39 is 40.0 Å². The number of nitrogens with one attached hydrogen (secondary N) is 1. The summed E-state index contributed by atoms with van der Waals surface area (Å²) < 4.78 is 32.5. The second-order valence-corrected chi connectivity index (χ2v) is 6.21. The number of alkyl halides is 2. The van der Waals surface area contributed by atoms with Crippen LogP contribution in [0.1, 0.15) is 16.1 Å². The number of amides is 1. The summed E-state index contributed by atoms with van der Waals surface area (Å²) >= 11 is 0. The number of rotatable bonds is 6. The fourth-order valence-corrected chi connectivity index (χ4v) is 2.90. The zero-order valence-corrected chi connectivity index (χ0v) is 15.8. The molecule has 0 aliphatic rings. The number of aromatic nitrogens is 2. The van der Waals surface area contributed by atoms with E-state index in [4.69, 9.17) is 0 Å². The Morgan fingerprint density at radius 2 is 1.87 bits per heavy atom. The van der Waals surface area contributed by atoms with Gasteiger partial charge in [-0.1, -0.05) is 18.2 Å². The summed E-state index contributed by atoms with van der Waals surface area (Å²) in [5.41, 5.74) is -0.714. The first kappa shape index (κ1) is 20.7. The molecule has 9 nitrogen and oxygen atoms in total. The average Bonchev–Trinajstić information content (AvgIpc) is 2.91. The van der Waals surface area contributed by atoms with Crippen molar-refractivity contribution in [3.8, 4) is 11.4 Å². The van der Waals surface area contributed by atoms with Crippen molar-refractivity contribution in [3.63, 3.8) is 0 Å². The summed E-state index contributed by atoms with van der Waals surface area (Å²) in [7, 11) is 1.61. The molecule has 3 rings (SSSR count). The summed E-state index contributed by atoms with van der Waals surface area (Å²) in [5.74, 6) is -1.55. The Morgan fingerprint density at radius 1 is 1.20 bits per heavy atom. The molecule has 0 saturated carbocycles. The highest BCUT2D eigenvalue weighted by atomic mass is 19.3. The zero-order chi connectivity index (χ0) is 22.0. The lowest BCUT2D eigenvalue weighted by Gasteiger charge is -2.10. The van der Waals surface area contributed by atoms with Gasteiger partial charge in [0.05, 0.1) is 21.9 Å². The molecule has 30 heavy (non-hydrogen) atoms. The number of ether oxygens (including phenoxy) is 1. The molecular weight excluding hydrogens is 402 g/mol. The summed E-state index contributed by atoms with van der Waals surface area (Å²) in [6.07, 6.45) is 0. The predicted octanol–water partition coefficient (Wildman–Crippen LogP) is 3.25. The zero-order valence-electron chi connectivity index (χ0n) is 15.8. The van der Waals surface area contributed by atoms with Gasteiger partial charge in [-0.15, -0.1) is 0 Å². The van der Waals surface area contributed by atoms with Crippen molar-refractivity contribution >= 4 is 17.3 Å². The molecule has 0 spiro atoms. The lowest BCUT2D eigenvalue weighted by Crippen LogP contribution is -2.23. The van der Waals surface area contributed by atoms with Crippen LogP contribution in [-0.2, 0) is 7.05 Å². The summed E-state index contributed by atoms with van der Waals surface area (Å²) in [4.78, 5) is 35.9. The number of hydrogen-bond acceptors (Lipinski definition) is 5. The van der Waals surface area contributed by atoms with E-state index in [1.165, 1.54) is 9.36 Å². The van der Waals surface area contributed by atoms with Gasteiger partial charge in [0.2, 0.25) is 0 Å². The number of carbonyl (C=O) groups excluding carboxylic acids is 1. The number of non-ortho nitro benzene ring substituents is 1. The third kappa shape index (κ3) is 3.90. The van der Waals surface area contributed by atoms with Crippen molar-refractivity contribution in [1.82, 2.24) is 9.36 Å². The minimum atomic E-state index is -3.24. The number of anilines is 1. The fourth-order valence-electron chi connectivity index (χ4n) is 2.90. The molecule has 3 aromatic rings. The third-order valence-electron chi connectivity index (χ3n) is 4.43. The van der Waals surface area contributed by atoms with E-state index in [0.29, 0.717) is 11.4 Å². The molecule has 156 valence electrons. The van der Waals surface area contributed by atoms with Crippen molar-refractivity contribution in [2.75, 3.05) is 5.32 Å². The standard InChI is InChI=1S/C19H16F2N4O5/c1-11-16(18(27)24(23(11)2)12-6-4-3-5-7-12)22-17(26)14-10-13(25(28)29)8-9-15(14)30-19(20)21/h3-10,19H,1-2H3,(H,22,26). The van der Waals surface area contributed by atoms with Gasteiger partial charge in [0.25, 0.3) is 17.2 Å². The predicted molar refractivity (Wildman–Crippen MR) is 103 cm³/mol. The molecule has 1 aromatic heterocycles. The van der Waals surface area contributed by atoms with Gasteiger partial charge >= 0.3 is 6.61 Å². The molecule has 1 amide bonds. The molecule has 0 bridgehead atoms. The molecule has 0 aliphatic heterocycles. The molecule has 1 N–H and O–H groups in total. The first-order valence-corrected chi connectivity index (χ1v) is 8.59. The molecule has 0 saturated heterocycles. The van der Waals surface area contributed by atoms with E-state index >= 15 is 0 Å². The highest BCUT2D eigenvalue weighted by Crippen LogP contribution is 2.27. The van der Waals surface area contributed by atoms with Crippen LogP contribution in [-0.4, -0.2) is 26.8 Å². The van der Waals surface area contributed by atoms with Gasteiger partial charge in [-0.25, -0.2) is 4.68 Å². The van der Waals surface area contributed by atoms with Crippen molar-refractivity contribution < 1.29 is 23.2 Å². The smallest absolute Gasteiger partial charge is 0.387 e. The molecular formula is C19H16F2N4O5. The lowest BCUT2D eigenvalue weighted by atomic mass is 10.1. The van der Waals surface area contributed by atoms with Crippen LogP contribution < -0.4 is 15.6 Å². The van der Waals surface area contributed by atoms with Crippen LogP contribution in [0, 0.1) is 17.0 Å². The van der Waals surface area contributed by atoms with Gasteiger partial charge in [-0.05, 0) is 25.1 Å². The minimum Gasteiger partial charge on any atom is -0.434 e. The Labute approximate surface area is 168 Å². The number of nitro groups is 1. The first-order chi connectivity index (χ1) is 14.2. The van der Waals surface area contributed by atoms with Crippen LogP contribution in [0.4, 0.5) is 20.2 Å². The Balaban J connectivity index is 2.04. The summed E-state index contributed by atoms with van der Waals surface area (Å²) in [6.45, 7) is -1.66. The topological polar surface area (TPSA) is 108 Å². The fraction of sp³-hybridized carbons (Fsp3) is 0.158. The SMILES string of the molecule is Cc1c(NC(=O)c2cc([N+](=O)[O-])ccc2OC(F)F)c(=O)n(-c2ccccc2)n1C. The van der Waals surface area contributed by atoms with Crippen LogP contribution in [0.15, 0.2) is 53.3 Å². The number of halogens is 2. The Hall–Kier alpha value is -4.02. The highest BCUT2D eigenvalue weighted by molar-refractivity contribution is 6.06. The molecule has 11 heteroatoms. The van der Waals surface area contributed by atoms with Crippen LogP contribution in [0.25, 0.3) is 5.69 Å². The molecule has 0 atom stereocenters. The first-order valence-electron chi connectivity index (χ1n) is 8.59. The second-order valence-electron chi connectivity index (χ2n) is 6.21. The van der Waals surface area contributed by atoms with E-state index in [9.17, 15) is 28.5 Å². The van der Waals surface area contributed by atoms with Gasteiger partial charge < -0.3 is 10.1 Å². The number of benzene rings is 2. The maximum absolute atomic E-state index is 12.9. The number of para-hydroxylation sites is 1. The summed E-state index contributed by atoms with van der Waals surface area (Å²) in [6, 6.07) is 11.3. The number of hydrogen-bond donors (Lipinski definition) is 1. The quantitative estimate of drug-likeness (QED) is 0.488. The van der Waals surface area contributed by atoms with Crippen LogP contribution in [0.3, 0.4) is 0 Å². The van der Waals surface area contributed by atoms with Gasteiger partial charge in [-0.3, -0.25) is 24.4 Å². The maximum atomic E-state index is 12.9. The Bertz CT molecular complexity index is 1170. The van der Waals surface area contributed by atoms with Gasteiger partial charge in [0.1, 0.15) is 11.4 Å². The van der Waals surface area contributed by atoms with Crippen LogP contribution in [0.2, 0.25) is 0 Å². The summed E-state index contributed by atoms with van der Waals surface area (Å²) in [5, 5.41) is 13.4. The maximum Gasteiger partial charge on any atom is 0.387 e. The molecule has 1 heterocycles. The van der Waals surface area contributed by atoms with Gasteiger partial charge in [0.15, 0.2) is 0 Å². The lowest BCUT2D eigenvalue weighted by molar-refractivity contribution is -0.384. The largest absolute Gasteiger partial charge is 0.434 e. The van der Waals surface area contributed by atoms with E-state index in [1.54, 1.807) is 44.3 Å². The molecule has 0 fully saturated rings. The molecule has 2 aromatic carbocycles. The van der Waals surface area contributed by atoms with Crippen LogP contribution >= 0.6 is 0 Å². The monoisotopic (exact) mass is 418 g/mol. The second kappa shape index (κ2) is 8.15. The van der Waals surface area contributed by atoms with E-state index in [0.717, 1.165) is 18.2 Å². The van der Waals surface area contributed by atoms with E-state index in [2.05, 4.69) is 10.1 Å². The Morgan fingerprint density at radius 3 is 2.47 bits per heavy atom. The van der Waals surface area contributed by atoms with Crippen molar-refractivity contribution in [1.29, 1.82) is 0 Å². The van der Waals surface area contributed by atoms with Crippen molar-refractivity contribution in [2.24, 2.45) is 7.05 Å². The van der Waals surface area contributed by atoms with E-state index in [1.807, 2.05) is 0 Å².